The standard InChI is InChI=1S/C15H22N6O2/c1-12(9-19-8-6-16-11-19)17-14(22)10-21-15(23)20-7-4-2-3-5-13(20)18-21/h6,8,11-12H,2-5,7,9-10H2,1H3,(H,17,22). The maximum atomic E-state index is 12.3. The first-order chi connectivity index (χ1) is 11.1. The van der Waals surface area contributed by atoms with Crippen molar-refractivity contribution in [3.63, 3.8) is 0 Å². The highest BCUT2D eigenvalue weighted by Gasteiger charge is 2.17. The van der Waals surface area contributed by atoms with E-state index < -0.39 is 0 Å². The van der Waals surface area contributed by atoms with Gasteiger partial charge in [-0.3, -0.25) is 9.36 Å². The van der Waals surface area contributed by atoms with Crippen molar-refractivity contribution in [2.75, 3.05) is 0 Å². The predicted molar refractivity (Wildman–Crippen MR) is 83.9 cm³/mol. The Morgan fingerprint density at radius 3 is 3.04 bits per heavy atom. The van der Waals surface area contributed by atoms with Crippen molar-refractivity contribution in [1.82, 2.24) is 29.2 Å². The van der Waals surface area contributed by atoms with E-state index in [9.17, 15) is 9.59 Å². The van der Waals surface area contributed by atoms with E-state index in [2.05, 4.69) is 15.4 Å². The van der Waals surface area contributed by atoms with Gasteiger partial charge in [0, 0.05) is 37.9 Å². The Kier molecular flexibility index (Phi) is 4.59. The van der Waals surface area contributed by atoms with Crippen LogP contribution >= 0.6 is 0 Å². The molecule has 8 heteroatoms. The molecule has 1 unspecified atom stereocenters. The zero-order valence-electron chi connectivity index (χ0n) is 13.3. The number of nitrogens with zero attached hydrogens (tertiary/aromatic N) is 5. The van der Waals surface area contributed by atoms with Crippen LogP contribution in [-0.2, 0) is 30.8 Å². The van der Waals surface area contributed by atoms with Crippen LogP contribution in [0.2, 0.25) is 0 Å². The summed E-state index contributed by atoms with van der Waals surface area (Å²) < 4.78 is 4.88. The summed E-state index contributed by atoms with van der Waals surface area (Å²) >= 11 is 0. The van der Waals surface area contributed by atoms with E-state index >= 15 is 0 Å². The normalized spacial score (nSPS) is 15.7. The maximum absolute atomic E-state index is 12.3. The van der Waals surface area contributed by atoms with Gasteiger partial charge in [-0.05, 0) is 19.8 Å². The van der Waals surface area contributed by atoms with Crippen molar-refractivity contribution in [1.29, 1.82) is 0 Å². The molecule has 0 bridgehead atoms. The maximum Gasteiger partial charge on any atom is 0.346 e. The minimum absolute atomic E-state index is 0.0346. The Morgan fingerprint density at radius 2 is 2.26 bits per heavy atom. The molecule has 1 atom stereocenters. The molecule has 2 aromatic rings. The van der Waals surface area contributed by atoms with Gasteiger partial charge in [-0.2, -0.15) is 5.10 Å². The van der Waals surface area contributed by atoms with Gasteiger partial charge in [-0.1, -0.05) is 6.42 Å². The molecule has 0 saturated carbocycles. The highest BCUT2D eigenvalue weighted by molar-refractivity contribution is 5.75. The van der Waals surface area contributed by atoms with Crippen molar-refractivity contribution in [3.05, 3.63) is 35.0 Å². The van der Waals surface area contributed by atoms with Gasteiger partial charge in [0.05, 0.1) is 6.33 Å². The molecule has 1 N–H and O–H groups in total. The van der Waals surface area contributed by atoms with Crippen LogP contribution in [-0.4, -0.2) is 35.8 Å². The molecule has 124 valence electrons. The van der Waals surface area contributed by atoms with E-state index in [1.807, 2.05) is 17.7 Å². The van der Waals surface area contributed by atoms with Crippen molar-refractivity contribution < 1.29 is 4.79 Å². The molecule has 8 nitrogen and oxygen atoms in total. The number of nitrogens with one attached hydrogen (secondary N) is 1. The zero-order chi connectivity index (χ0) is 16.2. The van der Waals surface area contributed by atoms with E-state index in [1.165, 1.54) is 4.68 Å². The van der Waals surface area contributed by atoms with Crippen LogP contribution in [0.5, 0.6) is 0 Å². The number of carbonyl (C=O) groups excluding carboxylic acids is 1. The number of rotatable bonds is 5. The number of amides is 1. The van der Waals surface area contributed by atoms with Gasteiger partial charge < -0.3 is 9.88 Å². The molecule has 1 aliphatic rings. The van der Waals surface area contributed by atoms with E-state index in [4.69, 9.17) is 0 Å². The number of hydrogen-bond donors (Lipinski definition) is 1. The fourth-order valence-electron chi connectivity index (χ4n) is 2.94. The van der Waals surface area contributed by atoms with E-state index in [0.29, 0.717) is 13.1 Å². The molecule has 1 aliphatic heterocycles. The molecule has 0 aromatic carbocycles. The summed E-state index contributed by atoms with van der Waals surface area (Å²) in [6.07, 6.45) is 9.22. The van der Waals surface area contributed by atoms with Gasteiger partial charge in [0.15, 0.2) is 0 Å². The molecule has 0 radical (unpaired) electrons. The first-order valence-electron chi connectivity index (χ1n) is 8.05. The van der Waals surface area contributed by atoms with Crippen molar-refractivity contribution >= 4 is 5.91 Å². The first kappa shape index (κ1) is 15.5. The topological polar surface area (TPSA) is 86.7 Å². The SMILES string of the molecule is CC(Cn1ccnc1)NC(=O)Cn1nc2n(c1=O)CCCCC2. The third kappa shape index (κ3) is 3.69. The summed E-state index contributed by atoms with van der Waals surface area (Å²) in [6, 6.07) is -0.0483. The average molecular weight is 318 g/mol. The molecular formula is C15H22N6O2. The molecule has 0 saturated heterocycles. The quantitative estimate of drug-likeness (QED) is 0.851. The lowest BCUT2D eigenvalue weighted by Crippen LogP contribution is -2.39. The summed E-state index contributed by atoms with van der Waals surface area (Å²) in [7, 11) is 0. The number of hydrogen-bond acceptors (Lipinski definition) is 4. The summed E-state index contributed by atoms with van der Waals surface area (Å²) in [5, 5.41) is 7.21. The molecule has 3 heterocycles. The van der Waals surface area contributed by atoms with Crippen LogP contribution < -0.4 is 11.0 Å². The van der Waals surface area contributed by atoms with Crippen LogP contribution in [0.15, 0.2) is 23.5 Å². The second-order valence-electron chi connectivity index (χ2n) is 6.05. The molecule has 2 aromatic heterocycles. The molecular weight excluding hydrogens is 296 g/mol. The van der Waals surface area contributed by atoms with Gasteiger partial charge in [0.2, 0.25) is 5.91 Å². The number of fused-ring (bicyclic) bond motifs is 1. The van der Waals surface area contributed by atoms with Gasteiger partial charge in [0.1, 0.15) is 12.4 Å². The molecule has 1 amide bonds. The van der Waals surface area contributed by atoms with Crippen LogP contribution in [0.3, 0.4) is 0 Å². The van der Waals surface area contributed by atoms with E-state index in [0.717, 1.165) is 31.5 Å². The second kappa shape index (κ2) is 6.80. The fraction of sp³-hybridized carbons (Fsp3) is 0.600. The number of aromatic nitrogens is 5. The van der Waals surface area contributed by atoms with E-state index in [-0.39, 0.29) is 24.2 Å². The van der Waals surface area contributed by atoms with Crippen LogP contribution in [0.4, 0.5) is 0 Å². The summed E-state index contributed by atoms with van der Waals surface area (Å²) in [5.74, 6) is 0.597. The van der Waals surface area contributed by atoms with Crippen LogP contribution in [0, 0.1) is 0 Å². The van der Waals surface area contributed by atoms with Crippen molar-refractivity contribution in [2.24, 2.45) is 0 Å². The molecule has 23 heavy (non-hydrogen) atoms. The number of imidazole rings is 1. The lowest BCUT2D eigenvalue weighted by atomic mass is 10.2. The first-order valence-corrected chi connectivity index (χ1v) is 8.05. The third-order valence-corrected chi connectivity index (χ3v) is 4.03. The molecule has 3 rings (SSSR count). The molecule has 0 spiro atoms. The van der Waals surface area contributed by atoms with Gasteiger partial charge in [-0.15, -0.1) is 0 Å². The Morgan fingerprint density at radius 1 is 1.39 bits per heavy atom. The Hall–Kier alpha value is -2.38. The predicted octanol–water partition coefficient (Wildman–Crippen LogP) is 0.173. The van der Waals surface area contributed by atoms with Gasteiger partial charge in [-0.25, -0.2) is 14.5 Å². The second-order valence-corrected chi connectivity index (χ2v) is 6.05. The van der Waals surface area contributed by atoms with Crippen LogP contribution in [0.25, 0.3) is 0 Å². The molecule has 0 aliphatic carbocycles. The minimum Gasteiger partial charge on any atom is -0.350 e. The highest BCUT2D eigenvalue weighted by Crippen LogP contribution is 2.10. The lowest BCUT2D eigenvalue weighted by Gasteiger charge is -2.14. The number of carbonyl (C=O) groups is 1. The van der Waals surface area contributed by atoms with Crippen molar-refractivity contribution in [2.45, 2.75) is 58.3 Å². The summed E-state index contributed by atoms with van der Waals surface area (Å²) in [5.41, 5.74) is -0.181. The van der Waals surface area contributed by atoms with E-state index in [1.54, 1.807) is 17.1 Å². The average Bonchev–Trinajstić information content (AvgIpc) is 3.02. The van der Waals surface area contributed by atoms with Gasteiger partial charge >= 0.3 is 5.69 Å². The molecule has 0 fully saturated rings. The largest absolute Gasteiger partial charge is 0.350 e. The lowest BCUT2D eigenvalue weighted by molar-refractivity contribution is -0.122. The third-order valence-electron chi connectivity index (χ3n) is 4.03. The highest BCUT2D eigenvalue weighted by atomic mass is 16.2. The number of aryl methyl sites for hydroxylation is 1. The Balaban J connectivity index is 1.60. The fourth-order valence-corrected chi connectivity index (χ4v) is 2.94. The Labute approximate surface area is 134 Å². The van der Waals surface area contributed by atoms with Gasteiger partial charge in [0.25, 0.3) is 0 Å². The smallest absolute Gasteiger partial charge is 0.346 e. The monoisotopic (exact) mass is 318 g/mol. The van der Waals surface area contributed by atoms with Crippen molar-refractivity contribution in [3.8, 4) is 0 Å². The minimum atomic E-state index is -0.201. The summed E-state index contributed by atoms with van der Waals surface area (Å²) in [6.45, 7) is 3.23. The Bertz CT molecular complexity index is 715. The zero-order valence-corrected chi connectivity index (χ0v) is 13.3. The van der Waals surface area contributed by atoms with Crippen LogP contribution in [0.1, 0.15) is 32.0 Å². The summed E-state index contributed by atoms with van der Waals surface area (Å²) in [4.78, 5) is 28.4.